The van der Waals surface area contributed by atoms with Crippen LogP contribution in [0.25, 0.3) is 0 Å². The van der Waals surface area contributed by atoms with Crippen LogP contribution in [-0.2, 0) is 65.6 Å². The minimum absolute atomic E-state index is 0.0312. The molecule has 0 radical (unpaired) electrons. The summed E-state index contributed by atoms with van der Waals surface area (Å²) in [5.74, 6) is -1.11. The van der Waals surface area contributed by atoms with Gasteiger partial charge in [0.25, 0.3) is 0 Å². The molecule has 8 atom stereocenters. The fourth-order valence-corrected chi connectivity index (χ4v) is 14.1. The molecule has 0 bridgehead atoms. The second-order valence-corrected chi connectivity index (χ2v) is 26.7. The fraction of sp³-hybridized carbons (Fsp3) is 0.345. The Balaban J connectivity index is 0.000000161. The van der Waals surface area contributed by atoms with Gasteiger partial charge in [0.2, 0.25) is 17.1 Å². The quantitative estimate of drug-likeness (QED) is 0.0480. The first kappa shape index (κ1) is 76.2. The molecule has 0 aromatic heterocycles. The molecule has 4 fully saturated rings. The summed E-state index contributed by atoms with van der Waals surface area (Å²) in [5, 5.41) is -0.350. The lowest BCUT2D eigenvalue weighted by molar-refractivity contribution is -0.147. The minimum Gasteiger partial charge on any atom is -0.469 e. The molecule has 12 rings (SSSR count). The lowest BCUT2D eigenvalue weighted by atomic mass is 9.90. The monoisotopic (exact) mass is 1370 g/mol. The molecule has 0 spiro atoms. The molecule has 524 valence electrons. The number of likely N-dealkylation sites (tertiary alicyclic amines) is 4. The Morgan fingerprint density at radius 1 is 0.310 bits per heavy atom. The van der Waals surface area contributed by atoms with Crippen LogP contribution in [0.3, 0.4) is 0 Å². The minimum atomic E-state index is -0.371. The largest absolute Gasteiger partial charge is 0.469 e. The first-order chi connectivity index (χ1) is 48.4. The van der Waals surface area contributed by atoms with E-state index >= 15 is 0 Å². The van der Waals surface area contributed by atoms with Crippen molar-refractivity contribution in [3.63, 3.8) is 0 Å². The molecule has 0 saturated carbocycles. The van der Waals surface area contributed by atoms with Gasteiger partial charge in [0.15, 0.2) is 0 Å². The van der Waals surface area contributed by atoms with E-state index in [4.69, 9.17) is 30.5 Å². The maximum atomic E-state index is 13.3. The van der Waals surface area contributed by atoms with E-state index in [-0.39, 0.29) is 94.2 Å². The van der Waals surface area contributed by atoms with Crippen LogP contribution < -0.4 is 0 Å². The number of amides is 2. The van der Waals surface area contributed by atoms with Crippen LogP contribution in [-0.4, -0.2) is 141 Å². The van der Waals surface area contributed by atoms with Gasteiger partial charge in [0.1, 0.15) is 0 Å². The van der Waals surface area contributed by atoms with Gasteiger partial charge in [-0.15, -0.1) is 0 Å². The van der Waals surface area contributed by atoms with Crippen molar-refractivity contribution in [2.24, 2.45) is 47.3 Å². The Morgan fingerprint density at radius 3 is 0.750 bits per heavy atom. The number of hydrogen-bond acceptors (Lipinski definition) is 13. The van der Waals surface area contributed by atoms with Crippen LogP contribution in [0, 0.1) is 47.3 Å². The predicted molar refractivity (Wildman–Crippen MR) is 390 cm³/mol. The maximum absolute atomic E-state index is 13.3. The van der Waals surface area contributed by atoms with E-state index in [1.165, 1.54) is 39.6 Å². The summed E-state index contributed by atoms with van der Waals surface area (Å²) in [6.45, 7) is 15.6. The summed E-state index contributed by atoms with van der Waals surface area (Å²) in [4.78, 5) is 93.4. The van der Waals surface area contributed by atoms with E-state index in [0.29, 0.717) is 38.0 Å². The summed E-state index contributed by atoms with van der Waals surface area (Å²) in [6, 6.07) is 79.0. The smallest absolute Gasteiger partial charge is 0.310 e. The first-order valence-electron chi connectivity index (χ1n) is 34.3. The van der Waals surface area contributed by atoms with Gasteiger partial charge in [-0.25, -0.2) is 0 Å². The highest BCUT2D eigenvalue weighted by atomic mass is 35.5. The molecule has 8 aromatic carbocycles. The Bertz CT molecular complexity index is 3500. The molecule has 15 nitrogen and oxygen atoms in total. The van der Waals surface area contributed by atoms with Crippen LogP contribution in [0.15, 0.2) is 243 Å². The van der Waals surface area contributed by atoms with Gasteiger partial charge in [0, 0.05) is 65.4 Å². The molecule has 0 N–H and O–H groups in total. The number of nitrogens with zero attached hydrogens (tertiary/aromatic N) is 4. The van der Waals surface area contributed by atoms with Crippen molar-refractivity contribution in [3.8, 4) is 0 Å². The van der Waals surface area contributed by atoms with Gasteiger partial charge in [-0.2, -0.15) is 0 Å². The van der Waals surface area contributed by atoms with Crippen LogP contribution in [0.5, 0.6) is 0 Å². The average molecular weight is 1370 g/mol. The van der Waals surface area contributed by atoms with Crippen molar-refractivity contribution >= 4 is 52.5 Å². The number of hydrogen-bond donors (Lipinski definition) is 0. The van der Waals surface area contributed by atoms with Crippen molar-refractivity contribution < 1.29 is 52.5 Å². The zero-order valence-corrected chi connectivity index (χ0v) is 59.4. The van der Waals surface area contributed by atoms with Gasteiger partial charge in [-0.1, -0.05) is 270 Å². The molecule has 4 aliphatic heterocycles. The zero-order valence-electron chi connectivity index (χ0n) is 58.7. The van der Waals surface area contributed by atoms with Crippen molar-refractivity contribution in [2.75, 3.05) is 80.8 Å². The topological polar surface area (TPSA) is 169 Å². The highest BCUT2D eigenvalue weighted by Gasteiger charge is 2.42. The highest BCUT2D eigenvalue weighted by molar-refractivity contribution is 6.65. The van der Waals surface area contributed by atoms with Gasteiger partial charge in [-0.05, 0) is 79.8 Å². The van der Waals surface area contributed by atoms with Crippen molar-refractivity contribution in [3.05, 3.63) is 287 Å². The predicted octanol–water partition coefficient (Wildman–Crippen LogP) is 13.6. The van der Waals surface area contributed by atoms with Crippen molar-refractivity contribution in [1.82, 2.24) is 19.6 Å². The van der Waals surface area contributed by atoms with Crippen molar-refractivity contribution in [2.45, 2.75) is 58.5 Å². The molecule has 100 heavy (non-hydrogen) atoms. The molecule has 8 aromatic rings. The third kappa shape index (κ3) is 21.2. The molecule has 0 unspecified atom stereocenters. The van der Waals surface area contributed by atoms with Gasteiger partial charge in [0.05, 0.1) is 69.9 Å². The van der Waals surface area contributed by atoms with E-state index in [2.05, 4.69) is 47.9 Å². The third-order valence-corrected chi connectivity index (χ3v) is 19.5. The molecule has 4 heterocycles. The molecular formula is C84H95ClN4O11. The molecule has 16 heteroatoms. The fourth-order valence-electron chi connectivity index (χ4n) is 13.8. The van der Waals surface area contributed by atoms with Crippen molar-refractivity contribution in [1.29, 1.82) is 0 Å². The molecule has 4 saturated heterocycles. The summed E-state index contributed by atoms with van der Waals surface area (Å²) in [6.07, 6.45) is 0. The van der Waals surface area contributed by atoms with Crippen LogP contribution in [0.2, 0.25) is 0 Å². The highest BCUT2D eigenvalue weighted by Crippen LogP contribution is 2.35. The zero-order chi connectivity index (χ0) is 71.5. The number of methoxy groups -OCH3 is 4. The van der Waals surface area contributed by atoms with Crippen LogP contribution >= 0.6 is 11.6 Å². The number of esters is 4. The SMILES string of the molecule is COC(=O)[C@@H]1CN(C(=O)C(c2ccccc2)c2ccccc2)C[C@H]1C.COC(=O)[C@@H]1CN(Cc2ccccc2)C[C@H]1C.COC(=O)[C@H]1CN(C(=O)C(c2ccccc2)c2ccccc2)C[C@@H]1C.COC(=O)[C@H]1CN(Cc2ccccc2)C[C@@H]1C.O=C(Cl)C(c1ccccc1)c1ccccc1. The first-order valence-corrected chi connectivity index (χ1v) is 34.7. The normalized spacial score (nSPS) is 20.0. The summed E-state index contributed by atoms with van der Waals surface area (Å²) >= 11 is 5.67. The van der Waals surface area contributed by atoms with Crippen LogP contribution in [0.1, 0.15) is 90.0 Å². The van der Waals surface area contributed by atoms with Gasteiger partial charge >= 0.3 is 23.9 Å². The lowest BCUT2D eigenvalue weighted by Gasteiger charge is -2.24. The summed E-state index contributed by atoms with van der Waals surface area (Å²) < 4.78 is 19.4. The number of halogens is 1. The third-order valence-electron chi connectivity index (χ3n) is 19.3. The molecule has 0 aliphatic carbocycles. The van der Waals surface area contributed by atoms with E-state index in [9.17, 15) is 33.6 Å². The van der Waals surface area contributed by atoms with E-state index in [0.717, 1.165) is 72.6 Å². The number of benzene rings is 8. The van der Waals surface area contributed by atoms with Gasteiger partial charge < -0.3 is 28.7 Å². The van der Waals surface area contributed by atoms with E-state index < -0.39 is 0 Å². The number of carbonyl (C=O) groups is 7. The summed E-state index contributed by atoms with van der Waals surface area (Å²) in [7, 11) is 5.73. The Morgan fingerprint density at radius 2 is 0.520 bits per heavy atom. The molecule has 4 aliphatic rings. The second kappa shape index (κ2) is 38.7. The number of carbonyl (C=O) groups excluding carboxylic acids is 7. The maximum Gasteiger partial charge on any atom is 0.310 e. The Labute approximate surface area is 595 Å². The molecule has 2 amide bonds. The Kier molecular flexibility index (Phi) is 29.5. The number of ether oxygens (including phenoxy) is 4. The molecular weight excluding hydrogens is 1280 g/mol. The van der Waals surface area contributed by atoms with E-state index in [1.807, 2.05) is 232 Å². The van der Waals surface area contributed by atoms with E-state index in [1.54, 1.807) is 9.80 Å². The average Bonchev–Trinajstić information content (AvgIpc) is 1.48. The second-order valence-electron chi connectivity index (χ2n) is 26.3. The Hall–Kier alpha value is -9.54. The van der Waals surface area contributed by atoms with Crippen LogP contribution in [0.4, 0.5) is 0 Å². The number of rotatable bonds is 17. The lowest BCUT2D eigenvalue weighted by Crippen LogP contribution is -2.34. The van der Waals surface area contributed by atoms with Gasteiger partial charge in [-0.3, -0.25) is 43.4 Å². The summed E-state index contributed by atoms with van der Waals surface area (Å²) in [5.41, 5.74) is 8.30. The standard InChI is InChI=1S/2C21H23NO3.C14H11ClO.2C14H19NO2/c2*1-15-13-22(14-18(15)21(24)25-2)20(23)19(16-9-5-3-6-10-16)17-11-7-4-8-12-17;15-14(16)13(11-7-3-1-4-8-11)12-9-5-2-6-10-12;2*1-11-8-15(10-13(11)14(16)17-2)9-12-6-4-3-5-7-12/h2*3-12,15,18-19H,13-14H2,1-2H3;1-10,13H;2*3-7,11,13H,8-10H2,1-2H3/t2*15-,18-;;2*11-,13-/m10.10/s1.